The van der Waals surface area contributed by atoms with Crippen LogP contribution < -0.4 is 10.6 Å². The van der Waals surface area contributed by atoms with Crippen molar-refractivity contribution in [2.45, 2.75) is 19.8 Å². The molecule has 0 fully saturated rings. The molecule has 0 saturated heterocycles. The predicted molar refractivity (Wildman–Crippen MR) is 108 cm³/mol. The van der Waals surface area contributed by atoms with Gasteiger partial charge in [-0.05, 0) is 61.5 Å². The molecular formula is C19H18ClN3O2S. The van der Waals surface area contributed by atoms with Crippen LogP contribution in [0.1, 0.15) is 18.4 Å². The maximum absolute atomic E-state index is 11.7. The molecule has 3 aromatic rings. The first-order valence-corrected chi connectivity index (χ1v) is 9.14. The number of benzene rings is 2. The van der Waals surface area contributed by atoms with Gasteiger partial charge in [0.15, 0.2) is 10.7 Å². The van der Waals surface area contributed by atoms with Gasteiger partial charge < -0.3 is 15.1 Å². The zero-order valence-electron chi connectivity index (χ0n) is 14.2. The number of hydrogen-bond acceptors (Lipinski definition) is 4. The van der Waals surface area contributed by atoms with E-state index in [1.807, 2.05) is 49.4 Å². The third-order valence-electron chi connectivity index (χ3n) is 3.70. The lowest BCUT2D eigenvalue weighted by molar-refractivity contribution is -0.119. The van der Waals surface area contributed by atoms with Crippen LogP contribution in [0.3, 0.4) is 0 Å². The SMILES string of the molecule is Cc1ccc2nc(-c3cccc(NC(=S)NC(=O)CCCCl)c3)oc2c1. The molecule has 1 heterocycles. The lowest BCUT2D eigenvalue weighted by atomic mass is 10.2. The highest BCUT2D eigenvalue weighted by molar-refractivity contribution is 7.80. The number of carbonyl (C=O) groups excluding carboxylic acids is 1. The minimum absolute atomic E-state index is 0.159. The van der Waals surface area contributed by atoms with Crippen molar-refractivity contribution in [3.05, 3.63) is 48.0 Å². The number of aryl methyl sites for hydroxylation is 1. The number of oxazole rings is 1. The molecule has 0 unspecified atom stereocenters. The van der Waals surface area contributed by atoms with E-state index in [2.05, 4.69) is 15.6 Å². The fourth-order valence-electron chi connectivity index (χ4n) is 2.46. The van der Waals surface area contributed by atoms with Crippen LogP contribution >= 0.6 is 23.8 Å². The van der Waals surface area contributed by atoms with Gasteiger partial charge >= 0.3 is 0 Å². The number of anilines is 1. The molecule has 0 radical (unpaired) electrons. The van der Waals surface area contributed by atoms with E-state index >= 15 is 0 Å². The van der Waals surface area contributed by atoms with Crippen molar-refractivity contribution in [3.8, 4) is 11.5 Å². The Kier molecular flexibility index (Phi) is 5.85. The van der Waals surface area contributed by atoms with Gasteiger partial charge in [-0.1, -0.05) is 12.1 Å². The summed E-state index contributed by atoms with van der Waals surface area (Å²) in [6.45, 7) is 2.01. The van der Waals surface area contributed by atoms with Crippen molar-refractivity contribution in [2.75, 3.05) is 11.2 Å². The summed E-state index contributed by atoms with van der Waals surface area (Å²) in [7, 11) is 0. The van der Waals surface area contributed by atoms with Gasteiger partial charge in [-0.25, -0.2) is 4.98 Å². The zero-order valence-corrected chi connectivity index (χ0v) is 15.8. The summed E-state index contributed by atoms with van der Waals surface area (Å²) in [4.78, 5) is 16.2. The highest BCUT2D eigenvalue weighted by Gasteiger charge is 2.10. The van der Waals surface area contributed by atoms with Crippen molar-refractivity contribution >= 4 is 51.6 Å². The third-order valence-corrected chi connectivity index (χ3v) is 4.17. The quantitative estimate of drug-likeness (QED) is 0.493. The average molecular weight is 388 g/mol. The topological polar surface area (TPSA) is 67.2 Å². The molecule has 2 aromatic carbocycles. The van der Waals surface area contributed by atoms with Crippen LogP contribution in [-0.2, 0) is 4.79 Å². The Morgan fingerprint density at radius 1 is 1.27 bits per heavy atom. The van der Waals surface area contributed by atoms with Gasteiger partial charge in [-0.15, -0.1) is 11.6 Å². The molecular weight excluding hydrogens is 370 g/mol. The Bertz CT molecular complexity index is 955. The largest absolute Gasteiger partial charge is 0.436 e. The molecule has 26 heavy (non-hydrogen) atoms. The summed E-state index contributed by atoms with van der Waals surface area (Å²) in [5, 5.41) is 5.88. The lowest BCUT2D eigenvalue weighted by Crippen LogP contribution is -2.33. The molecule has 2 N–H and O–H groups in total. The highest BCUT2D eigenvalue weighted by atomic mass is 35.5. The van der Waals surface area contributed by atoms with E-state index in [9.17, 15) is 4.79 Å². The molecule has 5 nitrogen and oxygen atoms in total. The summed E-state index contributed by atoms with van der Waals surface area (Å²) >= 11 is 10.8. The van der Waals surface area contributed by atoms with E-state index < -0.39 is 0 Å². The van der Waals surface area contributed by atoms with E-state index in [4.69, 9.17) is 28.2 Å². The highest BCUT2D eigenvalue weighted by Crippen LogP contribution is 2.26. The average Bonchev–Trinajstić information content (AvgIpc) is 3.03. The Labute approximate surface area is 161 Å². The van der Waals surface area contributed by atoms with Crippen LogP contribution in [-0.4, -0.2) is 21.9 Å². The number of nitrogens with one attached hydrogen (secondary N) is 2. The summed E-state index contributed by atoms with van der Waals surface area (Å²) in [5.41, 5.74) is 4.24. The fraction of sp³-hybridized carbons (Fsp3) is 0.211. The predicted octanol–water partition coefficient (Wildman–Crippen LogP) is 4.64. The number of thiocarbonyl (C=S) groups is 1. The standard InChI is InChI=1S/C19H18ClN3O2S/c1-12-7-8-15-16(10-12)25-18(22-15)13-4-2-5-14(11-13)21-19(26)23-17(24)6-3-9-20/h2,4-5,7-8,10-11H,3,6,9H2,1H3,(H2,21,23,24,26). The maximum atomic E-state index is 11.7. The van der Waals surface area contributed by atoms with Crippen LogP contribution in [0, 0.1) is 6.92 Å². The van der Waals surface area contributed by atoms with Crippen LogP contribution in [0.25, 0.3) is 22.6 Å². The Hall–Kier alpha value is -2.44. The molecule has 0 saturated carbocycles. The Morgan fingerprint density at radius 3 is 2.92 bits per heavy atom. The third kappa shape index (κ3) is 4.59. The minimum Gasteiger partial charge on any atom is -0.436 e. The normalized spacial score (nSPS) is 10.7. The molecule has 0 atom stereocenters. The molecule has 7 heteroatoms. The van der Waals surface area contributed by atoms with Gasteiger partial charge in [-0.3, -0.25) is 4.79 Å². The number of hydrogen-bond donors (Lipinski definition) is 2. The molecule has 0 bridgehead atoms. The van der Waals surface area contributed by atoms with Crippen LogP contribution in [0.15, 0.2) is 46.9 Å². The summed E-state index contributed by atoms with van der Waals surface area (Å²) in [6, 6.07) is 13.4. The monoisotopic (exact) mass is 387 g/mol. The molecule has 0 aliphatic carbocycles. The second-order valence-corrected chi connectivity index (χ2v) is 6.65. The van der Waals surface area contributed by atoms with Crippen LogP contribution in [0.4, 0.5) is 5.69 Å². The second-order valence-electron chi connectivity index (χ2n) is 5.87. The summed E-state index contributed by atoms with van der Waals surface area (Å²) in [5.74, 6) is 0.819. The van der Waals surface area contributed by atoms with Crippen molar-refractivity contribution in [1.82, 2.24) is 10.3 Å². The smallest absolute Gasteiger partial charge is 0.227 e. The van der Waals surface area contributed by atoms with E-state index in [-0.39, 0.29) is 11.0 Å². The van der Waals surface area contributed by atoms with E-state index in [0.29, 0.717) is 24.6 Å². The molecule has 0 aliphatic rings. The number of amides is 1. The molecule has 3 rings (SSSR count). The number of nitrogens with zero attached hydrogens (tertiary/aromatic N) is 1. The molecule has 1 aromatic heterocycles. The number of rotatable bonds is 5. The Balaban J connectivity index is 1.73. The number of fused-ring (bicyclic) bond motifs is 1. The Morgan fingerprint density at radius 2 is 2.12 bits per heavy atom. The molecule has 0 spiro atoms. The number of aromatic nitrogens is 1. The van der Waals surface area contributed by atoms with Gasteiger partial charge in [-0.2, -0.15) is 0 Å². The lowest BCUT2D eigenvalue weighted by Gasteiger charge is -2.09. The van der Waals surface area contributed by atoms with E-state index in [0.717, 1.165) is 27.9 Å². The summed E-state index contributed by atoms with van der Waals surface area (Å²) < 4.78 is 5.85. The van der Waals surface area contributed by atoms with Gasteiger partial charge in [0, 0.05) is 23.6 Å². The number of alkyl halides is 1. The summed E-state index contributed by atoms with van der Waals surface area (Å²) in [6.07, 6.45) is 0.955. The van der Waals surface area contributed by atoms with Gasteiger partial charge in [0.05, 0.1) is 0 Å². The number of halogens is 1. The van der Waals surface area contributed by atoms with E-state index in [1.54, 1.807) is 0 Å². The van der Waals surface area contributed by atoms with E-state index in [1.165, 1.54) is 0 Å². The first-order valence-electron chi connectivity index (χ1n) is 8.19. The molecule has 1 amide bonds. The van der Waals surface area contributed by atoms with Crippen molar-refractivity contribution in [2.24, 2.45) is 0 Å². The first kappa shape index (κ1) is 18.4. The minimum atomic E-state index is -0.159. The van der Waals surface area contributed by atoms with Crippen molar-refractivity contribution in [1.29, 1.82) is 0 Å². The van der Waals surface area contributed by atoms with Crippen LogP contribution in [0.2, 0.25) is 0 Å². The van der Waals surface area contributed by atoms with Gasteiger partial charge in [0.25, 0.3) is 0 Å². The van der Waals surface area contributed by atoms with Gasteiger partial charge in [0.2, 0.25) is 11.8 Å². The maximum Gasteiger partial charge on any atom is 0.227 e. The molecule has 0 aliphatic heterocycles. The van der Waals surface area contributed by atoms with Gasteiger partial charge in [0.1, 0.15) is 5.52 Å². The zero-order chi connectivity index (χ0) is 18.5. The number of carbonyl (C=O) groups is 1. The van der Waals surface area contributed by atoms with Crippen molar-refractivity contribution < 1.29 is 9.21 Å². The molecule has 134 valence electrons. The second kappa shape index (κ2) is 8.29. The fourth-order valence-corrected chi connectivity index (χ4v) is 2.83. The first-order chi connectivity index (χ1) is 12.5. The van der Waals surface area contributed by atoms with Crippen LogP contribution in [0.5, 0.6) is 0 Å². The van der Waals surface area contributed by atoms with Crippen molar-refractivity contribution in [3.63, 3.8) is 0 Å².